The molecule has 2 heterocycles. The molecule has 2 aromatic rings. The number of fused-ring (bicyclic) bond motifs is 1. The van der Waals surface area contributed by atoms with E-state index in [9.17, 15) is 9.59 Å². The maximum absolute atomic E-state index is 12.2. The maximum atomic E-state index is 12.2. The average Bonchev–Trinajstić information content (AvgIpc) is 3.02. The van der Waals surface area contributed by atoms with Crippen LogP contribution in [0.2, 0.25) is 0 Å². The van der Waals surface area contributed by atoms with Crippen LogP contribution < -0.4 is 15.6 Å². The lowest BCUT2D eigenvalue weighted by Crippen LogP contribution is -2.35. The molecular formula is C15H15N3O3S. The molecule has 114 valence electrons. The number of carbonyl (C=O) groups is 1. The minimum absolute atomic E-state index is 0.0750. The summed E-state index contributed by atoms with van der Waals surface area (Å²) in [7, 11) is 0. The Labute approximate surface area is 131 Å². The second-order valence-corrected chi connectivity index (χ2v) is 5.74. The van der Waals surface area contributed by atoms with Crippen molar-refractivity contribution >= 4 is 17.7 Å². The Morgan fingerprint density at radius 1 is 1.36 bits per heavy atom. The fourth-order valence-corrected chi connectivity index (χ4v) is 3.03. The standard InChI is InChI=1S/C15H15N3O3S/c19-13(16-6-8-21-11-4-2-1-3-5-11)12-10-17-15-18(14(12)20)7-9-22-15/h1-5,10H,6-9H2,(H,16,19). The van der Waals surface area contributed by atoms with E-state index in [1.165, 1.54) is 18.0 Å². The van der Waals surface area contributed by atoms with Gasteiger partial charge in [-0.2, -0.15) is 0 Å². The SMILES string of the molecule is O=C(NCCOc1ccccc1)c1cnc2n(c1=O)CCS2. The summed E-state index contributed by atoms with van der Waals surface area (Å²) in [5.74, 6) is 1.15. The van der Waals surface area contributed by atoms with Crippen LogP contribution in [-0.2, 0) is 6.54 Å². The molecule has 6 nitrogen and oxygen atoms in total. The molecule has 0 bridgehead atoms. The number of aromatic nitrogens is 2. The van der Waals surface area contributed by atoms with E-state index >= 15 is 0 Å². The molecule has 1 aromatic heterocycles. The smallest absolute Gasteiger partial charge is 0.267 e. The highest BCUT2D eigenvalue weighted by Crippen LogP contribution is 2.20. The number of nitrogens with one attached hydrogen (secondary N) is 1. The Kier molecular flexibility index (Phi) is 4.43. The second kappa shape index (κ2) is 6.65. The molecule has 1 aliphatic heterocycles. The van der Waals surface area contributed by atoms with Crippen molar-refractivity contribution in [2.45, 2.75) is 11.7 Å². The first-order valence-corrected chi connectivity index (χ1v) is 7.93. The van der Waals surface area contributed by atoms with Crippen LogP contribution in [0.4, 0.5) is 0 Å². The van der Waals surface area contributed by atoms with Gasteiger partial charge in [0, 0.05) is 18.5 Å². The van der Waals surface area contributed by atoms with E-state index in [1.54, 1.807) is 4.57 Å². The largest absolute Gasteiger partial charge is 0.492 e. The molecule has 0 aliphatic carbocycles. The van der Waals surface area contributed by atoms with E-state index in [-0.39, 0.29) is 11.1 Å². The van der Waals surface area contributed by atoms with E-state index in [0.717, 1.165) is 11.5 Å². The predicted molar refractivity (Wildman–Crippen MR) is 83.5 cm³/mol. The normalized spacial score (nSPS) is 12.7. The van der Waals surface area contributed by atoms with Crippen molar-refractivity contribution in [3.63, 3.8) is 0 Å². The number of thioether (sulfide) groups is 1. The zero-order valence-corrected chi connectivity index (χ0v) is 12.6. The Hall–Kier alpha value is -2.28. The van der Waals surface area contributed by atoms with Gasteiger partial charge in [0.1, 0.15) is 17.9 Å². The molecule has 0 radical (unpaired) electrons. The zero-order valence-electron chi connectivity index (χ0n) is 11.8. The number of ether oxygens (including phenoxy) is 1. The molecule has 0 saturated carbocycles. The molecule has 1 aromatic carbocycles. The molecule has 1 N–H and O–H groups in total. The van der Waals surface area contributed by atoms with Crippen molar-refractivity contribution in [1.82, 2.24) is 14.9 Å². The third-order valence-corrected chi connectivity index (χ3v) is 4.17. The first-order chi connectivity index (χ1) is 10.8. The van der Waals surface area contributed by atoms with Crippen LogP contribution in [-0.4, -0.2) is 34.4 Å². The Morgan fingerprint density at radius 3 is 3.00 bits per heavy atom. The van der Waals surface area contributed by atoms with Crippen LogP contribution in [0, 0.1) is 0 Å². The summed E-state index contributed by atoms with van der Waals surface area (Å²) in [5, 5.41) is 3.35. The number of carbonyl (C=O) groups excluding carboxylic acids is 1. The van der Waals surface area contributed by atoms with Gasteiger partial charge in [0.25, 0.3) is 11.5 Å². The van der Waals surface area contributed by atoms with Gasteiger partial charge in [0.15, 0.2) is 5.16 Å². The number of para-hydroxylation sites is 1. The number of amides is 1. The molecule has 0 atom stereocenters. The number of benzene rings is 1. The van der Waals surface area contributed by atoms with Crippen LogP contribution in [0.5, 0.6) is 5.75 Å². The molecule has 0 saturated heterocycles. The van der Waals surface area contributed by atoms with Crippen LogP contribution in [0.25, 0.3) is 0 Å². The first-order valence-electron chi connectivity index (χ1n) is 6.94. The Morgan fingerprint density at radius 2 is 2.18 bits per heavy atom. The minimum atomic E-state index is -0.415. The van der Waals surface area contributed by atoms with Gasteiger partial charge >= 0.3 is 0 Å². The van der Waals surface area contributed by atoms with Gasteiger partial charge in [-0.25, -0.2) is 4.98 Å². The van der Waals surface area contributed by atoms with Gasteiger partial charge in [-0.15, -0.1) is 0 Å². The monoisotopic (exact) mass is 317 g/mol. The highest BCUT2D eigenvalue weighted by Gasteiger charge is 2.19. The Balaban J connectivity index is 1.56. The quantitative estimate of drug-likeness (QED) is 0.662. The number of rotatable bonds is 5. The van der Waals surface area contributed by atoms with Crippen molar-refractivity contribution in [1.29, 1.82) is 0 Å². The zero-order chi connectivity index (χ0) is 15.4. The molecule has 7 heteroatoms. The third kappa shape index (κ3) is 3.14. The van der Waals surface area contributed by atoms with E-state index in [2.05, 4.69) is 10.3 Å². The summed E-state index contributed by atoms with van der Waals surface area (Å²) >= 11 is 1.52. The van der Waals surface area contributed by atoms with E-state index in [4.69, 9.17) is 4.74 Å². The van der Waals surface area contributed by atoms with Gasteiger partial charge in [0.2, 0.25) is 0 Å². The number of hydrogen-bond acceptors (Lipinski definition) is 5. The highest BCUT2D eigenvalue weighted by molar-refractivity contribution is 7.99. The van der Waals surface area contributed by atoms with Crippen LogP contribution in [0.15, 0.2) is 46.5 Å². The molecule has 1 amide bonds. The lowest BCUT2D eigenvalue weighted by Gasteiger charge is -2.08. The van der Waals surface area contributed by atoms with E-state index in [0.29, 0.717) is 24.9 Å². The summed E-state index contributed by atoms with van der Waals surface area (Å²) < 4.78 is 7.02. The van der Waals surface area contributed by atoms with Gasteiger partial charge in [-0.3, -0.25) is 14.2 Å². The highest BCUT2D eigenvalue weighted by atomic mass is 32.2. The summed E-state index contributed by atoms with van der Waals surface area (Å²) in [6.45, 7) is 1.26. The van der Waals surface area contributed by atoms with Crippen molar-refractivity contribution in [2.24, 2.45) is 0 Å². The fourth-order valence-electron chi connectivity index (χ4n) is 2.12. The average molecular weight is 317 g/mol. The van der Waals surface area contributed by atoms with Crippen LogP contribution in [0.1, 0.15) is 10.4 Å². The lowest BCUT2D eigenvalue weighted by atomic mass is 10.3. The number of hydrogen-bond donors (Lipinski definition) is 1. The third-order valence-electron chi connectivity index (χ3n) is 3.20. The van der Waals surface area contributed by atoms with Gasteiger partial charge in [-0.1, -0.05) is 30.0 Å². The molecular weight excluding hydrogens is 302 g/mol. The fraction of sp³-hybridized carbons (Fsp3) is 0.267. The maximum Gasteiger partial charge on any atom is 0.267 e. The van der Waals surface area contributed by atoms with Crippen LogP contribution >= 0.6 is 11.8 Å². The molecule has 0 spiro atoms. The topological polar surface area (TPSA) is 73.2 Å². The van der Waals surface area contributed by atoms with Gasteiger partial charge < -0.3 is 10.1 Å². The van der Waals surface area contributed by atoms with Crippen molar-refractivity contribution in [2.75, 3.05) is 18.9 Å². The van der Waals surface area contributed by atoms with Gasteiger partial charge in [-0.05, 0) is 12.1 Å². The summed E-state index contributed by atoms with van der Waals surface area (Å²) in [6, 6.07) is 9.35. The first kappa shape index (κ1) is 14.6. The van der Waals surface area contributed by atoms with Gasteiger partial charge in [0.05, 0.1) is 6.54 Å². The summed E-state index contributed by atoms with van der Waals surface area (Å²) in [5.41, 5.74) is -0.206. The minimum Gasteiger partial charge on any atom is -0.492 e. The van der Waals surface area contributed by atoms with Crippen molar-refractivity contribution in [3.05, 3.63) is 52.4 Å². The second-order valence-electron chi connectivity index (χ2n) is 4.68. The molecule has 1 aliphatic rings. The molecule has 0 unspecified atom stereocenters. The van der Waals surface area contributed by atoms with Crippen molar-refractivity contribution in [3.8, 4) is 5.75 Å². The number of nitrogens with zero attached hydrogens (tertiary/aromatic N) is 2. The molecule has 3 rings (SSSR count). The predicted octanol–water partition coefficient (Wildman–Crippen LogP) is 1.16. The molecule has 22 heavy (non-hydrogen) atoms. The van der Waals surface area contributed by atoms with E-state index < -0.39 is 5.91 Å². The van der Waals surface area contributed by atoms with Crippen molar-refractivity contribution < 1.29 is 9.53 Å². The Bertz CT molecular complexity index is 731. The van der Waals surface area contributed by atoms with Crippen LogP contribution in [0.3, 0.4) is 0 Å². The lowest BCUT2D eigenvalue weighted by molar-refractivity contribution is 0.0944. The van der Waals surface area contributed by atoms with E-state index in [1.807, 2.05) is 30.3 Å². The summed E-state index contributed by atoms with van der Waals surface area (Å²) in [4.78, 5) is 28.4. The molecule has 0 fully saturated rings. The summed E-state index contributed by atoms with van der Waals surface area (Å²) in [6.07, 6.45) is 1.35.